The van der Waals surface area contributed by atoms with Gasteiger partial charge in [0.2, 0.25) is 0 Å². The summed E-state index contributed by atoms with van der Waals surface area (Å²) in [6.45, 7) is 10.6. The van der Waals surface area contributed by atoms with Crippen LogP contribution < -0.4 is 5.32 Å². The van der Waals surface area contributed by atoms with Crippen molar-refractivity contribution in [2.45, 2.75) is 46.7 Å². The maximum atomic E-state index is 4.57. The quantitative estimate of drug-likeness (QED) is 0.885. The van der Waals surface area contributed by atoms with Crippen molar-refractivity contribution in [3.8, 4) is 0 Å². The number of nitrogens with zero attached hydrogens (tertiary/aromatic N) is 2. The van der Waals surface area contributed by atoms with Crippen molar-refractivity contribution in [2.75, 3.05) is 0 Å². The Morgan fingerprint density at radius 1 is 1.16 bits per heavy atom. The summed E-state index contributed by atoms with van der Waals surface area (Å²) in [5.41, 5.74) is 5.94. The lowest BCUT2D eigenvalue weighted by Gasteiger charge is -2.22. The third-order valence-electron chi connectivity index (χ3n) is 3.54. The predicted molar refractivity (Wildman–Crippen MR) is 77.0 cm³/mol. The van der Waals surface area contributed by atoms with E-state index in [1.54, 1.807) is 0 Å². The molecule has 2 N–H and O–H groups in total. The van der Waals surface area contributed by atoms with Crippen LogP contribution in [0.2, 0.25) is 0 Å². The Morgan fingerprint density at radius 2 is 1.89 bits per heavy atom. The Labute approximate surface area is 114 Å². The molecule has 0 saturated carbocycles. The van der Waals surface area contributed by atoms with E-state index in [0.717, 1.165) is 11.4 Å². The van der Waals surface area contributed by atoms with Crippen molar-refractivity contribution in [3.63, 3.8) is 0 Å². The Bertz CT molecular complexity index is 522. The number of rotatable bonds is 4. The Hall–Kier alpha value is -1.68. The zero-order valence-corrected chi connectivity index (χ0v) is 12.3. The van der Waals surface area contributed by atoms with Gasteiger partial charge >= 0.3 is 0 Å². The van der Waals surface area contributed by atoms with Gasteiger partial charge in [0.15, 0.2) is 0 Å². The molecule has 0 radical (unpaired) electrons. The monoisotopic (exact) mass is 258 g/mol. The molecule has 0 bridgehead atoms. The fourth-order valence-electron chi connectivity index (χ4n) is 2.74. The number of nitrogens with one attached hydrogen (secondary N) is 2. The third kappa shape index (κ3) is 3.01. The van der Waals surface area contributed by atoms with Gasteiger partial charge in [0.05, 0.1) is 6.20 Å². The Morgan fingerprint density at radius 3 is 2.47 bits per heavy atom. The zero-order chi connectivity index (χ0) is 14.0. The summed E-state index contributed by atoms with van der Waals surface area (Å²) >= 11 is 0. The first-order valence-corrected chi connectivity index (χ1v) is 6.68. The van der Waals surface area contributed by atoms with E-state index in [1.165, 1.54) is 16.7 Å². The van der Waals surface area contributed by atoms with Gasteiger partial charge < -0.3 is 5.32 Å². The molecule has 4 nitrogen and oxygen atoms in total. The summed E-state index contributed by atoms with van der Waals surface area (Å²) in [4.78, 5) is 4.57. The minimum absolute atomic E-state index is 0.258. The number of aromatic amines is 1. The Balaban J connectivity index is 2.18. The van der Waals surface area contributed by atoms with Crippen LogP contribution in [-0.4, -0.2) is 15.2 Å². The number of hydrogen-bond donors (Lipinski definition) is 2. The van der Waals surface area contributed by atoms with Crippen LogP contribution in [0, 0.1) is 20.8 Å². The van der Waals surface area contributed by atoms with Crippen LogP contribution in [0.3, 0.4) is 0 Å². The molecule has 0 amide bonds. The van der Waals surface area contributed by atoms with Crippen LogP contribution in [0.15, 0.2) is 18.5 Å². The molecule has 0 aliphatic carbocycles. The highest BCUT2D eigenvalue weighted by molar-refractivity contribution is 5.33. The second kappa shape index (κ2) is 5.53. The van der Waals surface area contributed by atoms with Gasteiger partial charge in [0, 0.05) is 35.2 Å². The summed E-state index contributed by atoms with van der Waals surface area (Å²) in [5.74, 6) is 0. The molecule has 2 atom stereocenters. The number of aryl methyl sites for hydroxylation is 3. The van der Waals surface area contributed by atoms with Crippen molar-refractivity contribution in [3.05, 3.63) is 46.5 Å². The van der Waals surface area contributed by atoms with Gasteiger partial charge in [0.25, 0.3) is 0 Å². The molecule has 0 fully saturated rings. The highest BCUT2D eigenvalue weighted by Crippen LogP contribution is 2.24. The smallest absolute Gasteiger partial charge is 0.0534 e. The van der Waals surface area contributed by atoms with Gasteiger partial charge in [-0.25, -0.2) is 0 Å². The second-order valence-corrected chi connectivity index (χ2v) is 5.22. The molecule has 0 spiro atoms. The molecule has 2 heterocycles. The van der Waals surface area contributed by atoms with Gasteiger partial charge in [-0.1, -0.05) is 0 Å². The van der Waals surface area contributed by atoms with Gasteiger partial charge in [-0.3, -0.25) is 10.1 Å². The van der Waals surface area contributed by atoms with Crippen molar-refractivity contribution in [2.24, 2.45) is 0 Å². The predicted octanol–water partition coefficient (Wildman–Crippen LogP) is 3.14. The molecule has 0 aliphatic heterocycles. The number of pyridine rings is 1. The topological polar surface area (TPSA) is 53.6 Å². The standard InChI is InChI=1S/C15H22N4/c1-9-6-10(2)18-12(4)15(9)13(5)19-11(3)14-7-16-17-8-14/h6-8,11,13,19H,1-5H3,(H,16,17). The van der Waals surface area contributed by atoms with E-state index in [4.69, 9.17) is 0 Å². The van der Waals surface area contributed by atoms with Crippen molar-refractivity contribution >= 4 is 0 Å². The maximum Gasteiger partial charge on any atom is 0.0534 e. The molecular formula is C15H22N4. The average molecular weight is 258 g/mol. The van der Waals surface area contributed by atoms with E-state index < -0.39 is 0 Å². The van der Waals surface area contributed by atoms with E-state index in [0.29, 0.717) is 0 Å². The lowest BCUT2D eigenvalue weighted by Crippen LogP contribution is -2.24. The van der Waals surface area contributed by atoms with Gasteiger partial charge in [-0.05, 0) is 51.8 Å². The fourth-order valence-corrected chi connectivity index (χ4v) is 2.74. The molecule has 2 rings (SSSR count). The zero-order valence-electron chi connectivity index (χ0n) is 12.3. The van der Waals surface area contributed by atoms with Crippen LogP contribution in [0.5, 0.6) is 0 Å². The molecule has 19 heavy (non-hydrogen) atoms. The molecule has 0 saturated heterocycles. The molecule has 2 aromatic rings. The summed E-state index contributed by atoms with van der Waals surface area (Å²) in [6, 6.07) is 2.66. The molecule has 0 aromatic carbocycles. The van der Waals surface area contributed by atoms with Crippen molar-refractivity contribution < 1.29 is 0 Å². The molecule has 2 aromatic heterocycles. The van der Waals surface area contributed by atoms with E-state index in [2.05, 4.69) is 54.3 Å². The molecule has 0 aliphatic rings. The molecular weight excluding hydrogens is 236 g/mol. The summed E-state index contributed by atoms with van der Waals surface area (Å²) < 4.78 is 0. The minimum atomic E-state index is 0.258. The number of hydrogen-bond acceptors (Lipinski definition) is 3. The highest BCUT2D eigenvalue weighted by Gasteiger charge is 2.16. The molecule has 102 valence electrons. The van der Waals surface area contributed by atoms with E-state index in [-0.39, 0.29) is 12.1 Å². The summed E-state index contributed by atoms with van der Waals surface area (Å²) in [5, 5.41) is 10.4. The SMILES string of the molecule is Cc1cc(C)c(C(C)NC(C)c2cn[nH]c2)c(C)n1. The van der Waals surface area contributed by atoms with E-state index in [9.17, 15) is 0 Å². The van der Waals surface area contributed by atoms with Gasteiger partial charge in [-0.15, -0.1) is 0 Å². The third-order valence-corrected chi connectivity index (χ3v) is 3.54. The van der Waals surface area contributed by atoms with Crippen LogP contribution >= 0.6 is 0 Å². The molecule has 4 heteroatoms. The van der Waals surface area contributed by atoms with Gasteiger partial charge in [-0.2, -0.15) is 5.10 Å². The number of H-pyrrole nitrogens is 1. The summed E-state index contributed by atoms with van der Waals surface area (Å²) in [6.07, 6.45) is 3.79. The Kier molecular flexibility index (Phi) is 4.00. The lowest BCUT2D eigenvalue weighted by molar-refractivity contribution is 0.490. The first-order valence-electron chi connectivity index (χ1n) is 6.68. The first kappa shape index (κ1) is 13.7. The second-order valence-electron chi connectivity index (χ2n) is 5.22. The largest absolute Gasteiger partial charge is 0.303 e. The lowest BCUT2D eigenvalue weighted by atomic mass is 9.99. The highest BCUT2D eigenvalue weighted by atomic mass is 15.1. The first-order chi connectivity index (χ1) is 8.99. The van der Waals surface area contributed by atoms with Crippen molar-refractivity contribution in [1.29, 1.82) is 0 Å². The fraction of sp³-hybridized carbons (Fsp3) is 0.467. The average Bonchev–Trinajstić information content (AvgIpc) is 2.80. The number of aromatic nitrogens is 3. The minimum Gasteiger partial charge on any atom is -0.303 e. The maximum absolute atomic E-state index is 4.57. The van der Waals surface area contributed by atoms with Gasteiger partial charge in [0.1, 0.15) is 0 Å². The van der Waals surface area contributed by atoms with Crippen molar-refractivity contribution in [1.82, 2.24) is 20.5 Å². The normalized spacial score (nSPS) is 14.4. The van der Waals surface area contributed by atoms with E-state index in [1.807, 2.05) is 19.3 Å². The van der Waals surface area contributed by atoms with Crippen LogP contribution in [0.4, 0.5) is 0 Å². The van der Waals surface area contributed by atoms with E-state index >= 15 is 0 Å². The molecule has 2 unspecified atom stereocenters. The van der Waals surface area contributed by atoms with Crippen LogP contribution in [0.25, 0.3) is 0 Å². The summed E-state index contributed by atoms with van der Waals surface area (Å²) in [7, 11) is 0. The van der Waals surface area contributed by atoms with Crippen LogP contribution in [0.1, 0.15) is 54.0 Å². The van der Waals surface area contributed by atoms with Crippen LogP contribution in [-0.2, 0) is 0 Å².